The predicted octanol–water partition coefficient (Wildman–Crippen LogP) is 3.49. The van der Waals surface area contributed by atoms with E-state index in [4.69, 9.17) is 14.2 Å². The highest BCUT2D eigenvalue weighted by Gasteiger charge is 2.22. The van der Waals surface area contributed by atoms with Crippen molar-refractivity contribution in [2.45, 2.75) is 25.8 Å². The molecule has 0 fully saturated rings. The van der Waals surface area contributed by atoms with Gasteiger partial charge in [0.25, 0.3) is 5.91 Å². The van der Waals surface area contributed by atoms with Gasteiger partial charge in [-0.3, -0.25) is 4.79 Å². The van der Waals surface area contributed by atoms with Crippen molar-refractivity contribution < 1.29 is 19.0 Å². The van der Waals surface area contributed by atoms with E-state index in [1.54, 1.807) is 0 Å². The third kappa shape index (κ3) is 4.44. The zero-order valence-electron chi connectivity index (χ0n) is 14.4. The molecular weight excluding hydrogens is 318 g/mol. The molecule has 1 atom stereocenters. The molecule has 0 aromatic heterocycles. The van der Waals surface area contributed by atoms with Gasteiger partial charge in [-0.2, -0.15) is 0 Å². The predicted molar refractivity (Wildman–Crippen MR) is 95.2 cm³/mol. The number of rotatable bonds is 7. The number of carbonyl (C=O) groups is 1. The van der Waals surface area contributed by atoms with Crippen LogP contribution in [0.25, 0.3) is 0 Å². The van der Waals surface area contributed by atoms with Gasteiger partial charge >= 0.3 is 0 Å². The van der Waals surface area contributed by atoms with Crippen LogP contribution in [0.15, 0.2) is 48.5 Å². The number of hydrogen-bond donors (Lipinski definition) is 1. The average molecular weight is 341 g/mol. The number of nitrogens with one attached hydrogen (secondary N) is 1. The first-order valence-electron chi connectivity index (χ1n) is 8.63. The molecule has 5 nitrogen and oxygen atoms in total. The first-order chi connectivity index (χ1) is 12.3. The molecule has 1 aliphatic heterocycles. The molecule has 1 N–H and O–H groups in total. The zero-order valence-corrected chi connectivity index (χ0v) is 14.4. The van der Waals surface area contributed by atoms with Crippen LogP contribution < -0.4 is 19.5 Å². The Morgan fingerprint density at radius 3 is 2.64 bits per heavy atom. The van der Waals surface area contributed by atoms with Crippen molar-refractivity contribution in [2.75, 3.05) is 19.8 Å². The number of ether oxygens (including phenoxy) is 3. The Kier molecular flexibility index (Phi) is 5.77. The summed E-state index contributed by atoms with van der Waals surface area (Å²) in [5.41, 5.74) is 1.01. The molecule has 1 aliphatic rings. The summed E-state index contributed by atoms with van der Waals surface area (Å²) in [4.78, 5) is 12.3. The number of para-hydroxylation sites is 3. The maximum absolute atomic E-state index is 12.3. The monoisotopic (exact) mass is 341 g/mol. The Bertz CT molecular complexity index is 716. The molecule has 2 aromatic carbocycles. The van der Waals surface area contributed by atoms with Crippen LogP contribution in [0, 0.1) is 0 Å². The van der Waals surface area contributed by atoms with Crippen molar-refractivity contribution in [3.8, 4) is 17.2 Å². The third-order valence-electron chi connectivity index (χ3n) is 3.96. The van der Waals surface area contributed by atoms with Gasteiger partial charge in [0.1, 0.15) is 5.75 Å². The molecule has 0 radical (unpaired) electrons. The molecule has 0 saturated carbocycles. The first-order valence-corrected chi connectivity index (χ1v) is 8.63. The van der Waals surface area contributed by atoms with Gasteiger partial charge in [-0.25, -0.2) is 0 Å². The fourth-order valence-corrected chi connectivity index (χ4v) is 2.77. The Morgan fingerprint density at radius 2 is 1.84 bits per heavy atom. The minimum atomic E-state index is -0.160. The van der Waals surface area contributed by atoms with Gasteiger partial charge in [-0.1, -0.05) is 37.3 Å². The van der Waals surface area contributed by atoms with Crippen molar-refractivity contribution >= 4 is 5.91 Å². The van der Waals surface area contributed by atoms with Gasteiger partial charge in [0.15, 0.2) is 18.1 Å². The fourth-order valence-electron chi connectivity index (χ4n) is 2.77. The van der Waals surface area contributed by atoms with Gasteiger partial charge in [-0.05, 0) is 24.6 Å². The minimum Gasteiger partial charge on any atom is -0.493 e. The minimum absolute atomic E-state index is 0.0485. The molecule has 0 unspecified atom stereocenters. The van der Waals surface area contributed by atoms with E-state index in [9.17, 15) is 4.79 Å². The van der Waals surface area contributed by atoms with Crippen molar-refractivity contribution in [3.63, 3.8) is 0 Å². The second-order valence-electron chi connectivity index (χ2n) is 5.88. The molecule has 5 heteroatoms. The number of hydrogen-bond acceptors (Lipinski definition) is 4. The fraction of sp³-hybridized carbons (Fsp3) is 0.350. The molecule has 2 aromatic rings. The van der Waals surface area contributed by atoms with Gasteiger partial charge in [0.05, 0.1) is 19.3 Å². The SMILES string of the molecule is CCCOc1ccccc1OCC(=O)N[C@@H]1CCOc2ccccc21. The average Bonchev–Trinajstić information content (AvgIpc) is 2.65. The van der Waals surface area contributed by atoms with Crippen LogP contribution in [0.5, 0.6) is 17.2 Å². The van der Waals surface area contributed by atoms with Crippen LogP contribution in [-0.2, 0) is 4.79 Å². The van der Waals surface area contributed by atoms with Gasteiger partial charge in [-0.15, -0.1) is 0 Å². The lowest BCUT2D eigenvalue weighted by atomic mass is 10.0. The number of benzene rings is 2. The summed E-state index contributed by atoms with van der Waals surface area (Å²) < 4.78 is 16.9. The normalized spacial score (nSPS) is 15.6. The van der Waals surface area contributed by atoms with E-state index in [1.165, 1.54) is 0 Å². The molecule has 1 heterocycles. The number of fused-ring (bicyclic) bond motifs is 1. The van der Waals surface area contributed by atoms with E-state index < -0.39 is 0 Å². The highest BCUT2D eigenvalue weighted by Crippen LogP contribution is 2.31. The summed E-state index contributed by atoms with van der Waals surface area (Å²) in [6.07, 6.45) is 1.66. The zero-order chi connectivity index (χ0) is 17.5. The van der Waals surface area contributed by atoms with E-state index in [0.29, 0.717) is 24.7 Å². The summed E-state index contributed by atoms with van der Waals surface area (Å²) in [5.74, 6) is 1.91. The second-order valence-corrected chi connectivity index (χ2v) is 5.88. The van der Waals surface area contributed by atoms with E-state index in [0.717, 1.165) is 24.2 Å². The molecule has 0 saturated heterocycles. The van der Waals surface area contributed by atoms with Gasteiger partial charge < -0.3 is 19.5 Å². The Balaban J connectivity index is 1.58. The summed E-state index contributed by atoms with van der Waals surface area (Å²) in [7, 11) is 0. The first kappa shape index (κ1) is 17.1. The summed E-state index contributed by atoms with van der Waals surface area (Å²) in [6, 6.07) is 15.1. The Labute approximate surface area is 147 Å². The molecule has 0 bridgehead atoms. The van der Waals surface area contributed by atoms with Crippen molar-refractivity contribution in [1.82, 2.24) is 5.32 Å². The molecular formula is C20H23NO4. The van der Waals surface area contributed by atoms with Crippen molar-refractivity contribution in [3.05, 3.63) is 54.1 Å². The van der Waals surface area contributed by atoms with E-state index in [-0.39, 0.29) is 18.6 Å². The lowest BCUT2D eigenvalue weighted by molar-refractivity contribution is -0.124. The maximum Gasteiger partial charge on any atom is 0.258 e. The summed E-state index contributed by atoms with van der Waals surface area (Å²) in [5, 5.41) is 3.02. The lowest BCUT2D eigenvalue weighted by Crippen LogP contribution is -2.35. The second kappa shape index (κ2) is 8.42. The highest BCUT2D eigenvalue weighted by atomic mass is 16.5. The van der Waals surface area contributed by atoms with Crippen LogP contribution in [-0.4, -0.2) is 25.7 Å². The van der Waals surface area contributed by atoms with Crippen LogP contribution in [0.3, 0.4) is 0 Å². The molecule has 0 aliphatic carbocycles. The molecule has 25 heavy (non-hydrogen) atoms. The number of carbonyl (C=O) groups excluding carboxylic acids is 1. The summed E-state index contributed by atoms with van der Waals surface area (Å²) in [6.45, 7) is 3.20. The molecule has 1 amide bonds. The lowest BCUT2D eigenvalue weighted by Gasteiger charge is -2.26. The van der Waals surface area contributed by atoms with Crippen LogP contribution in [0.2, 0.25) is 0 Å². The standard InChI is InChI=1S/C20H23NO4/c1-2-12-23-18-9-5-6-10-19(18)25-14-20(22)21-16-11-13-24-17-8-4-3-7-15(16)17/h3-10,16H,2,11-14H2,1H3,(H,21,22)/t16-/m1/s1. The molecule has 132 valence electrons. The number of amides is 1. The molecule has 0 spiro atoms. The van der Waals surface area contributed by atoms with Crippen LogP contribution in [0.4, 0.5) is 0 Å². The van der Waals surface area contributed by atoms with Crippen LogP contribution >= 0.6 is 0 Å². The largest absolute Gasteiger partial charge is 0.493 e. The van der Waals surface area contributed by atoms with Crippen LogP contribution in [0.1, 0.15) is 31.4 Å². The van der Waals surface area contributed by atoms with E-state index in [2.05, 4.69) is 5.32 Å². The van der Waals surface area contributed by atoms with E-state index >= 15 is 0 Å². The Hall–Kier alpha value is -2.69. The highest BCUT2D eigenvalue weighted by molar-refractivity contribution is 5.78. The third-order valence-corrected chi connectivity index (χ3v) is 3.96. The summed E-state index contributed by atoms with van der Waals surface area (Å²) >= 11 is 0. The van der Waals surface area contributed by atoms with E-state index in [1.807, 2.05) is 55.5 Å². The van der Waals surface area contributed by atoms with Crippen molar-refractivity contribution in [2.24, 2.45) is 0 Å². The maximum atomic E-state index is 12.3. The molecule has 3 rings (SSSR count). The van der Waals surface area contributed by atoms with Gasteiger partial charge in [0, 0.05) is 12.0 Å². The van der Waals surface area contributed by atoms with Gasteiger partial charge in [0.2, 0.25) is 0 Å². The topological polar surface area (TPSA) is 56.8 Å². The quantitative estimate of drug-likeness (QED) is 0.837. The Morgan fingerprint density at radius 1 is 1.12 bits per heavy atom. The van der Waals surface area contributed by atoms with Crippen molar-refractivity contribution in [1.29, 1.82) is 0 Å². The smallest absolute Gasteiger partial charge is 0.258 e.